The van der Waals surface area contributed by atoms with E-state index in [2.05, 4.69) is 20.3 Å². The molecule has 0 saturated heterocycles. The van der Waals surface area contributed by atoms with E-state index >= 15 is 0 Å². The number of nitrogen functional groups attached to an aromatic ring is 1. The van der Waals surface area contributed by atoms with Gasteiger partial charge in [0.15, 0.2) is 5.69 Å². The van der Waals surface area contributed by atoms with Crippen molar-refractivity contribution in [3.63, 3.8) is 0 Å². The molecule has 1 atom stereocenters. The zero-order valence-electron chi connectivity index (χ0n) is 15.9. The molecule has 2 heterocycles. The quantitative estimate of drug-likeness (QED) is 0.524. The standard InChI is InChI=1S/C21H17ClN6O2/c1-12(26-20(29)18-15(23)10-24-11-25-18)19-27-16-9-5-8-14(22)17(16)21(30)28(19)13-6-3-2-4-7-13/h2-12H,23H2,1H3,(H,26,29)/t12-/m0/s1. The Morgan fingerprint density at radius 1 is 1.17 bits per heavy atom. The summed E-state index contributed by atoms with van der Waals surface area (Å²) in [5.74, 6) is -0.149. The molecule has 8 nitrogen and oxygen atoms in total. The summed E-state index contributed by atoms with van der Waals surface area (Å²) in [4.78, 5) is 38.4. The van der Waals surface area contributed by atoms with Crippen molar-refractivity contribution in [3.05, 3.63) is 87.9 Å². The van der Waals surface area contributed by atoms with E-state index in [0.29, 0.717) is 27.4 Å². The van der Waals surface area contributed by atoms with Gasteiger partial charge in [-0.3, -0.25) is 14.2 Å². The Bertz CT molecular complexity index is 1310. The lowest BCUT2D eigenvalue weighted by molar-refractivity contribution is 0.0933. The number of carbonyl (C=O) groups excluding carboxylic acids is 1. The fourth-order valence-electron chi connectivity index (χ4n) is 3.18. The van der Waals surface area contributed by atoms with Crippen LogP contribution in [0.5, 0.6) is 0 Å². The summed E-state index contributed by atoms with van der Waals surface area (Å²) in [5, 5.41) is 3.43. The SMILES string of the molecule is C[C@H](NC(=O)c1ncncc1N)c1nc2cccc(Cl)c2c(=O)n1-c1ccccc1. The Balaban J connectivity index is 1.86. The van der Waals surface area contributed by atoms with Crippen LogP contribution in [0.2, 0.25) is 5.02 Å². The molecule has 0 aliphatic rings. The minimum atomic E-state index is -0.636. The normalized spacial score (nSPS) is 11.9. The van der Waals surface area contributed by atoms with Crippen molar-refractivity contribution >= 4 is 34.1 Å². The van der Waals surface area contributed by atoms with E-state index in [0.717, 1.165) is 0 Å². The van der Waals surface area contributed by atoms with Crippen molar-refractivity contribution in [1.29, 1.82) is 0 Å². The highest BCUT2D eigenvalue weighted by Gasteiger charge is 2.22. The van der Waals surface area contributed by atoms with Gasteiger partial charge in [0, 0.05) is 0 Å². The van der Waals surface area contributed by atoms with Crippen molar-refractivity contribution in [2.45, 2.75) is 13.0 Å². The highest BCUT2D eigenvalue weighted by molar-refractivity contribution is 6.35. The summed E-state index contributed by atoms with van der Waals surface area (Å²) in [5.41, 5.74) is 6.73. The number of rotatable bonds is 4. The summed E-state index contributed by atoms with van der Waals surface area (Å²) in [6.45, 7) is 1.73. The molecular weight excluding hydrogens is 404 g/mol. The number of amides is 1. The number of anilines is 1. The summed E-state index contributed by atoms with van der Waals surface area (Å²) in [7, 11) is 0. The number of nitrogens with two attached hydrogens (primary N) is 1. The van der Waals surface area contributed by atoms with Gasteiger partial charge in [-0.15, -0.1) is 0 Å². The maximum atomic E-state index is 13.4. The average Bonchev–Trinajstić information content (AvgIpc) is 2.74. The molecule has 0 unspecified atom stereocenters. The molecule has 0 aliphatic carbocycles. The van der Waals surface area contributed by atoms with Crippen LogP contribution in [0.25, 0.3) is 16.6 Å². The molecule has 2 aromatic heterocycles. The lowest BCUT2D eigenvalue weighted by Crippen LogP contribution is -2.34. The molecule has 0 bridgehead atoms. The van der Waals surface area contributed by atoms with E-state index in [-0.39, 0.29) is 16.9 Å². The first-order valence-corrected chi connectivity index (χ1v) is 9.48. The molecule has 1 amide bonds. The molecule has 0 fully saturated rings. The molecular formula is C21H17ClN6O2. The predicted octanol–water partition coefficient (Wildman–Crippen LogP) is 2.90. The number of nitrogens with one attached hydrogen (secondary N) is 1. The van der Waals surface area contributed by atoms with Crippen LogP contribution in [0.1, 0.15) is 29.3 Å². The summed E-state index contributed by atoms with van der Waals surface area (Å²) in [6.07, 6.45) is 2.59. The molecule has 4 rings (SSSR count). The topological polar surface area (TPSA) is 116 Å². The zero-order valence-corrected chi connectivity index (χ0v) is 16.7. The number of benzene rings is 2. The van der Waals surface area contributed by atoms with Gasteiger partial charge in [0.2, 0.25) is 0 Å². The monoisotopic (exact) mass is 420 g/mol. The van der Waals surface area contributed by atoms with E-state index in [1.807, 2.05) is 18.2 Å². The number of aromatic nitrogens is 4. The van der Waals surface area contributed by atoms with Gasteiger partial charge in [0.05, 0.1) is 39.5 Å². The Morgan fingerprint density at radius 2 is 1.93 bits per heavy atom. The van der Waals surface area contributed by atoms with E-state index < -0.39 is 11.9 Å². The maximum Gasteiger partial charge on any atom is 0.272 e. The summed E-state index contributed by atoms with van der Waals surface area (Å²) >= 11 is 6.28. The highest BCUT2D eigenvalue weighted by atomic mass is 35.5. The first-order chi connectivity index (χ1) is 14.5. The van der Waals surface area contributed by atoms with E-state index in [4.69, 9.17) is 17.3 Å². The Kier molecular flexibility index (Phi) is 5.16. The Labute approximate surface area is 176 Å². The van der Waals surface area contributed by atoms with Crippen molar-refractivity contribution in [2.75, 3.05) is 5.73 Å². The van der Waals surface area contributed by atoms with Gasteiger partial charge in [0.1, 0.15) is 12.2 Å². The van der Waals surface area contributed by atoms with Crippen molar-refractivity contribution in [3.8, 4) is 5.69 Å². The van der Waals surface area contributed by atoms with Crippen LogP contribution < -0.4 is 16.6 Å². The second-order valence-electron chi connectivity index (χ2n) is 6.60. The number of hydrogen-bond donors (Lipinski definition) is 2. The first kappa shape index (κ1) is 19.5. The molecule has 4 aromatic rings. The highest BCUT2D eigenvalue weighted by Crippen LogP contribution is 2.23. The molecule has 150 valence electrons. The lowest BCUT2D eigenvalue weighted by Gasteiger charge is -2.20. The van der Waals surface area contributed by atoms with Crippen LogP contribution in [0, 0.1) is 0 Å². The fraction of sp³-hybridized carbons (Fsp3) is 0.0952. The van der Waals surface area contributed by atoms with Crippen molar-refractivity contribution in [2.24, 2.45) is 0 Å². The third kappa shape index (κ3) is 3.48. The Hall–Kier alpha value is -3.78. The number of hydrogen-bond acceptors (Lipinski definition) is 6. The maximum absolute atomic E-state index is 13.4. The van der Waals surface area contributed by atoms with Crippen molar-refractivity contribution < 1.29 is 4.79 Å². The minimum Gasteiger partial charge on any atom is -0.396 e. The van der Waals surface area contributed by atoms with E-state index in [9.17, 15) is 9.59 Å². The van der Waals surface area contributed by atoms with Crippen LogP contribution in [-0.4, -0.2) is 25.4 Å². The number of carbonyl (C=O) groups is 1. The average molecular weight is 421 g/mol. The molecule has 9 heteroatoms. The smallest absolute Gasteiger partial charge is 0.272 e. The second kappa shape index (κ2) is 7.92. The number of para-hydroxylation sites is 1. The number of nitrogens with zero attached hydrogens (tertiary/aromatic N) is 4. The zero-order chi connectivity index (χ0) is 21.3. The van der Waals surface area contributed by atoms with Crippen LogP contribution >= 0.6 is 11.6 Å². The predicted molar refractivity (Wildman–Crippen MR) is 115 cm³/mol. The lowest BCUT2D eigenvalue weighted by atomic mass is 10.2. The van der Waals surface area contributed by atoms with Gasteiger partial charge >= 0.3 is 0 Å². The summed E-state index contributed by atoms with van der Waals surface area (Å²) < 4.78 is 1.45. The molecule has 0 aliphatic heterocycles. The number of halogens is 1. The van der Waals surface area contributed by atoms with Crippen LogP contribution in [0.15, 0.2) is 65.8 Å². The van der Waals surface area contributed by atoms with Gasteiger partial charge in [-0.25, -0.2) is 15.0 Å². The van der Waals surface area contributed by atoms with E-state index in [1.165, 1.54) is 17.1 Å². The first-order valence-electron chi connectivity index (χ1n) is 9.10. The van der Waals surface area contributed by atoms with Gasteiger partial charge in [-0.2, -0.15) is 0 Å². The van der Waals surface area contributed by atoms with Gasteiger partial charge in [-0.05, 0) is 31.2 Å². The Morgan fingerprint density at radius 3 is 2.67 bits per heavy atom. The van der Waals surface area contributed by atoms with Gasteiger partial charge < -0.3 is 11.1 Å². The summed E-state index contributed by atoms with van der Waals surface area (Å²) in [6, 6.07) is 13.5. The third-order valence-corrected chi connectivity index (χ3v) is 4.89. The third-order valence-electron chi connectivity index (χ3n) is 4.58. The fourth-order valence-corrected chi connectivity index (χ4v) is 3.43. The molecule has 2 aromatic carbocycles. The van der Waals surface area contributed by atoms with Crippen LogP contribution in [0.4, 0.5) is 5.69 Å². The molecule has 0 saturated carbocycles. The minimum absolute atomic E-state index is 0.0503. The van der Waals surface area contributed by atoms with Crippen LogP contribution in [-0.2, 0) is 0 Å². The largest absolute Gasteiger partial charge is 0.396 e. The molecule has 0 spiro atoms. The number of fused-ring (bicyclic) bond motifs is 1. The van der Waals surface area contributed by atoms with Crippen molar-refractivity contribution in [1.82, 2.24) is 24.8 Å². The second-order valence-corrected chi connectivity index (χ2v) is 7.01. The van der Waals surface area contributed by atoms with Crippen LogP contribution in [0.3, 0.4) is 0 Å². The molecule has 30 heavy (non-hydrogen) atoms. The van der Waals surface area contributed by atoms with Gasteiger partial charge in [-0.1, -0.05) is 35.9 Å². The molecule has 3 N–H and O–H groups in total. The molecule has 0 radical (unpaired) electrons. The van der Waals surface area contributed by atoms with Gasteiger partial charge in [0.25, 0.3) is 11.5 Å². The van der Waals surface area contributed by atoms with E-state index in [1.54, 1.807) is 37.3 Å².